The van der Waals surface area contributed by atoms with E-state index in [9.17, 15) is 0 Å². The Morgan fingerprint density at radius 1 is 1.33 bits per heavy atom. The van der Waals surface area contributed by atoms with E-state index in [1.165, 1.54) is 31.2 Å². The van der Waals surface area contributed by atoms with Crippen molar-refractivity contribution in [3.05, 3.63) is 23.4 Å². The van der Waals surface area contributed by atoms with Crippen molar-refractivity contribution in [1.29, 1.82) is 0 Å². The Labute approximate surface area is 127 Å². The summed E-state index contributed by atoms with van der Waals surface area (Å²) in [5.74, 6) is 1.53. The highest BCUT2D eigenvalue weighted by molar-refractivity contribution is 5.45. The molecule has 1 saturated heterocycles. The second kappa shape index (κ2) is 6.32. The van der Waals surface area contributed by atoms with Crippen molar-refractivity contribution < 1.29 is 4.74 Å². The van der Waals surface area contributed by atoms with Crippen molar-refractivity contribution in [3.63, 3.8) is 0 Å². The normalized spacial score (nSPS) is 26.0. The van der Waals surface area contributed by atoms with E-state index < -0.39 is 0 Å². The summed E-state index contributed by atoms with van der Waals surface area (Å²) in [6.07, 6.45) is 5.39. The number of ether oxygens (including phenoxy) is 1. The van der Waals surface area contributed by atoms with Crippen molar-refractivity contribution in [1.82, 2.24) is 4.98 Å². The number of pyridine rings is 1. The molecule has 0 bridgehead atoms. The van der Waals surface area contributed by atoms with Crippen LogP contribution in [0.3, 0.4) is 0 Å². The van der Waals surface area contributed by atoms with Crippen molar-refractivity contribution in [2.24, 2.45) is 5.73 Å². The summed E-state index contributed by atoms with van der Waals surface area (Å²) in [6.45, 7) is 6.71. The monoisotopic (exact) mass is 289 g/mol. The Bertz CT molecular complexity index is 487. The van der Waals surface area contributed by atoms with Gasteiger partial charge in [-0.25, -0.2) is 4.98 Å². The Morgan fingerprint density at radius 2 is 2.14 bits per heavy atom. The predicted molar refractivity (Wildman–Crippen MR) is 85.6 cm³/mol. The number of nitrogens with zero attached hydrogens (tertiary/aromatic N) is 2. The van der Waals surface area contributed by atoms with Crippen LogP contribution in [0.4, 0.5) is 5.82 Å². The summed E-state index contributed by atoms with van der Waals surface area (Å²) in [5.41, 5.74) is 8.21. The predicted octanol–water partition coefficient (Wildman–Crippen LogP) is 2.81. The van der Waals surface area contributed by atoms with E-state index in [-0.39, 0.29) is 0 Å². The van der Waals surface area contributed by atoms with Crippen LogP contribution in [-0.2, 0) is 11.3 Å². The van der Waals surface area contributed by atoms with Crippen LogP contribution in [0.15, 0.2) is 12.1 Å². The summed E-state index contributed by atoms with van der Waals surface area (Å²) < 4.78 is 5.97. The van der Waals surface area contributed by atoms with Crippen molar-refractivity contribution >= 4 is 5.82 Å². The zero-order chi connectivity index (χ0) is 14.8. The van der Waals surface area contributed by atoms with E-state index >= 15 is 0 Å². The Hall–Kier alpha value is -1.13. The first-order valence-corrected chi connectivity index (χ1v) is 8.28. The van der Waals surface area contributed by atoms with E-state index in [2.05, 4.69) is 30.9 Å². The van der Waals surface area contributed by atoms with Crippen LogP contribution in [0.5, 0.6) is 0 Å². The number of hydrogen-bond donors (Lipinski definition) is 1. The van der Waals surface area contributed by atoms with Crippen molar-refractivity contribution in [2.45, 2.75) is 64.1 Å². The average molecular weight is 289 g/mol. The number of anilines is 1. The van der Waals surface area contributed by atoms with Gasteiger partial charge in [0.1, 0.15) is 5.82 Å². The zero-order valence-corrected chi connectivity index (χ0v) is 13.2. The molecule has 2 atom stereocenters. The third-order valence-electron chi connectivity index (χ3n) is 4.75. The third-order valence-corrected chi connectivity index (χ3v) is 4.75. The second-order valence-corrected chi connectivity index (χ2v) is 6.57. The highest BCUT2D eigenvalue weighted by Gasteiger charge is 2.35. The van der Waals surface area contributed by atoms with Crippen LogP contribution in [0, 0.1) is 0 Å². The van der Waals surface area contributed by atoms with Crippen LogP contribution in [-0.4, -0.2) is 30.3 Å². The number of rotatable bonds is 3. The summed E-state index contributed by atoms with van der Waals surface area (Å²) in [7, 11) is 0. The first kappa shape index (κ1) is 14.8. The molecule has 2 aliphatic rings. The lowest BCUT2D eigenvalue weighted by Crippen LogP contribution is -2.53. The highest BCUT2D eigenvalue weighted by Crippen LogP contribution is 2.32. The van der Waals surface area contributed by atoms with Gasteiger partial charge in [0.2, 0.25) is 0 Å². The van der Waals surface area contributed by atoms with E-state index in [0.717, 1.165) is 24.7 Å². The van der Waals surface area contributed by atoms with Crippen LogP contribution in [0.1, 0.15) is 56.7 Å². The molecule has 116 valence electrons. The van der Waals surface area contributed by atoms with Gasteiger partial charge in [0.05, 0.1) is 18.8 Å². The Balaban J connectivity index is 1.92. The minimum Gasteiger partial charge on any atom is -0.374 e. The van der Waals surface area contributed by atoms with E-state index in [1.54, 1.807) is 0 Å². The molecule has 3 rings (SSSR count). The molecule has 0 radical (unpaired) electrons. The molecule has 2 unspecified atom stereocenters. The average Bonchev–Trinajstić information content (AvgIpc) is 2.53. The quantitative estimate of drug-likeness (QED) is 0.929. The fourth-order valence-electron chi connectivity index (χ4n) is 3.54. The lowest BCUT2D eigenvalue weighted by Gasteiger charge is -2.44. The van der Waals surface area contributed by atoms with Gasteiger partial charge in [0, 0.05) is 18.8 Å². The summed E-state index contributed by atoms with van der Waals surface area (Å²) in [5, 5.41) is 0. The number of nitrogens with two attached hydrogens (primary N) is 1. The molecule has 1 aliphatic heterocycles. The molecule has 2 N–H and O–H groups in total. The molecule has 2 heterocycles. The van der Waals surface area contributed by atoms with Gasteiger partial charge in [-0.15, -0.1) is 0 Å². The van der Waals surface area contributed by atoms with Gasteiger partial charge in [-0.3, -0.25) is 0 Å². The number of fused-ring (bicyclic) bond motifs is 1. The van der Waals surface area contributed by atoms with Crippen molar-refractivity contribution in [3.8, 4) is 0 Å². The van der Waals surface area contributed by atoms with Gasteiger partial charge in [-0.05, 0) is 36.5 Å². The SMILES string of the molecule is CC(C)c1cc(CN)cc(N2CCOC3CCCCC32)n1. The fraction of sp³-hybridized carbons (Fsp3) is 0.706. The van der Waals surface area contributed by atoms with Gasteiger partial charge in [0.25, 0.3) is 0 Å². The standard InChI is InChI=1S/C17H27N3O/c1-12(2)14-9-13(11-18)10-17(19-14)20-7-8-21-16-6-4-3-5-15(16)20/h9-10,12,15-16H,3-8,11,18H2,1-2H3. The van der Waals surface area contributed by atoms with Gasteiger partial charge >= 0.3 is 0 Å². The van der Waals surface area contributed by atoms with Gasteiger partial charge in [-0.1, -0.05) is 26.7 Å². The lowest BCUT2D eigenvalue weighted by atomic mass is 9.90. The third kappa shape index (κ3) is 3.06. The van der Waals surface area contributed by atoms with Crippen LogP contribution in [0.25, 0.3) is 0 Å². The largest absolute Gasteiger partial charge is 0.374 e. The van der Waals surface area contributed by atoms with Crippen LogP contribution < -0.4 is 10.6 Å². The Morgan fingerprint density at radius 3 is 2.90 bits per heavy atom. The minimum absolute atomic E-state index is 0.387. The molecular weight excluding hydrogens is 262 g/mol. The van der Waals surface area contributed by atoms with Gasteiger partial charge in [-0.2, -0.15) is 0 Å². The maximum absolute atomic E-state index is 5.97. The molecule has 2 fully saturated rings. The van der Waals surface area contributed by atoms with Crippen LogP contribution in [0.2, 0.25) is 0 Å². The summed E-state index contributed by atoms with van der Waals surface area (Å²) >= 11 is 0. The van der Waals surface area contributed by atoms with Gasteiger partial charge < -0.3 is 15.4 Å². The maximum atomic E-state index is 5.97. The summed E-state index contributed by atoms with van der Waals surface area (Å²) in [4.78, 5) is 7.38. The smallest absolute Gasteiger partial charge is 0.129 e. The number of aromatic nitrogens is 1. The van der Waals surface area contributed by atoms with Crippen LogP contribution >= 0.6 is 0 Å². The molecule has 0 aromatic carbocycles. The van der Waals surface area contributed by atoms with Gasteiger partial charge in [0.15, 0.2) is 0 Å². The topological polar surface area (TPSA) is 51.4 Å². The molecule has 21 heavy (non-hydrogen) atoms. The molecule has 1 aliphatic carbocycles. The fourth-order valence-corrected chi connectivity index (χ4v) is 3.54. The molecule has 1 aromatic heterocycles. The number of morpholine rings is 1. The Kier molecular flexibility index (Phi) is 4.45. The van der Waals surface area contributed by atoms with E-state index in [1.807, 2.05) is 0 Å². The molecule has 0 spiro atoms. The molecule has 1 saturated carbocycles. The minimum atomic E-state index is 0.387. The zero-order valence-electron chi connectivity index (χ0n) is 13.2. The van der Waals surface area contributed by atoms with Crippen molar-refractivity contribution in [2.75, 3.05) is 18.1 Å². The summed E-state index contributed by atoms with van der Waals surface area (Å²) in [6, 6.07) is 4.81. The molecule has 4 heteroatoms. The van der Waals surface area contributed by atoms with E-state index in [4.69, 9.17) is 15.5 Å². The molecule has 0 amide bonds. The first-order chi connectivity index (χ1) is 10.2. The highest BCUT2D eigenvalue weighted by atomic mass is 16.5. The van der Waals surface area contributed by atoms with E-state index in [0.29, 0.717) is 24.6 Å². The first-order valence-electron chi connectivity index (χ1n) is 8.28. The molecule has 4 nitrogen and oxygen atoms in total. The molecular formula is C17H27N3O. The molecule has 1 aromatic rings. The number of hydrogen-bond acceptors (Lipinski definition) is 4. The second-order valence-electron chi connectivity index (χ2n) is 6.57. The maximum Gasteiger partial charge on any atom is 0.129 e. The lowest BCUT2D eigenvalue weighted by molar-refractivity contribution is -0.00900.